The molecule has 2 aromatic carbocycles. The third kappa shape index (κ3) is 1.77. The molecule has 0 amide bonds. The van der Waals surface area contributed by atoms with Gasteiger partial charge in [-0.2, -0.15) is 0 Å². The van der Waals surface area contributed by atoms with E-state index in [4.69, 9.17) is 0 Å². The van der Waals surface area contributed by atoms with E-state index in [0.29, 0.717) is 0 Å². The van der Waals surface area contributed by atoms with E-state index in [9.17, 15) is 0 Å². The molecule has 1 heterocycles. The van der Waals surface area contributed by atoms with Crippen molar-refractivity contribution in [2.45, 2.75) is 0 Å². The summed E-state index contributed by atoms with van der Waals surface area (Å²) in [7, 11) is 0. The Hall–Kier alpha value is -1.28. The van der Waals surface area contributed by atoms with Crippen LogP contribution in [-0.4, -0.2) is 15.4 Å². The Morgan fingerprint density at radius 3 is 1.33 bits per heavy atom. The van der Waals surface area contributed by atoms with Gasteiger partial charge in [0.05, 0.1) is 0 Å². The first-order valence-corrected chi connectivity index (χ1v) is 7.17. The monoisotopic (exact) mass is 252 g/mol. The molecule has 2 radical (unpaired) electrons. The van der Waals surface area contributed by atoms with E-state index >= 15 is 0 Å². The molecular weight excluding hydrogens is 241 g/mol. The van der Waals surface area contributed by atoms with Gasteiger partial charge in [-0.1, -0.05) is 0 Å². The van der Waals surface area contributed by atoms with Gasteiger partial charge in [0, 0.05) is 0 Å². The van der Waals surface area contributed by atoms with E-state index in [2.05, 4.69) is 60.7 Å². The van der Waals surface area contributed by atoms with E-state index in [1.807, 2.05) is 0 Å². The minimum absolute atomic E-state index is 0.0530. The summed E-state index contributed by atoms with van der Waals surface area (Å²) in [6, 6.07) is 21.5. The van der Waals surface area contributed by atoms with Gasteiger partial charge >= 0.3 is 96.0 Å². The van der Waals surface area contributed by atoms with Gasteiger partial charge in [0.2, 0.25) is 0 Å². The molecule has 2 aromatic rings. The van der Waals surface area contributed by atoms with Gasteiger partial charge in [-0.05, 0) is 0 Å². The maximum atomic E-state index is 2.22. The zero-order valence-corrected chi connectivity index (χ0v) is 10.4. The molecule has 0 unspecified atom stereocenters. The molecule has 15 heavy (non-hydrogen) atoms. The summed E-state index contributed by atoms with van der Waals surface area (Å²) in [5.74, 6) is 0. The average molecular weight is 251 g/mol. The third-order valence-electron chi connectivity index (χ3n) is 2.56. The molecule has 1 aliphatic heterocycles. The van der Waals surface area contributed by atoms with Crippen LogP contribution in [0.2, 0.25) is 0 Å². The van der Waals surface area contributed by atoms with Crippen LogP contribution in [0.4, 0.5) is 0 Å². The molecule has 0 N–H and O–H groups in total. The molecule has 0 aromatic heterocycles. The zero-order valence-electron chi connectivity index (χ0n) is 8.27. The first-order chi connectivity index (χ1) is 7.45. The van der Waals surface area contributed by atoms with Crippen molar-refractivity contribution >= 4 is 24.2 Å². The number of hydrogen-bond donors (Lipinski definition) is 0. The van der Waals surface area contributed by atoms with Crippen molar-refractivity contribution in [2.24, 2.45) is 0 Å². The van der Waals surface area contributed by atoms with Crippen LogP contribution in [0, 0.1) is 0 Å². The fourth-order valence-corrected chi connectivity index (χ4v) is 4.04. The van der Waals surface area contributed by atoms with Crippen LogP contribution in [0.5, 0.6) is 0 Å². The molecule has 70 valence electrons. The van der Waals surface area contributed by atoms with Crippen LogP contribution in [0.3, 0.4) is 0 Å². The van der Waals surface area contributed by atoms with E-state index in [-0.39, 0.29) is 15.4 Å². The molecule has 0 bridgehead atoms. The molecule has 1 aliphatic rings. The van der Waals surface area contributed by atoms with Gasteiger partial charge in [-0.3, -0.25) is 0 Å². The number of rotatable bonds is 2. The zero-order chi connectivity index (χ0) is 10.1. The topological polar surface area (TPSA) is 0 Å². The second kappa shape index (κ2) is 3.71. The average Bonchev–Trinajstić information content (AvgIpc) is 3.11. The summed E-state index contributed by atoms with van der Waals surface area (Å²) in [6.07, 6.45) is 0. The maximum absolute atomic E-state index is 2.22. The molecule has 0 fully saturated rings. The summed E-state index contributed by atoms with van der Waals surface area (Å²) in [4.78, 5) is 0. The summed E-state index contributed by atoms with van der Waals surface area (Å²) < 4.78 is 3.25. The molecule has 0 spiro atoms. The van der Waals surface area contributed by atoms with Crippen molar-refractivity contribution in [1.29, 1.82) is 0 Å². The van der Waals surface area contributed by atoms with Gasteiger partial charge in [-0.15, -0.1) is 0 Å². The predicted molar refractivity (Wildman–Crippen MR) is 65.5 cm³/mol. The van der Waals surface area contributed by atoms with Gasteiger partial charge in [0.15, 0.2) is 0 Å². The van der Waals surface area contributed by atoms with E-state index in [1.54, 1.807) is 8.81 Å². The molecule has 0 saturated heterocycles. The second-order valence-electron chi connectivity index (χ2n) is 3.61. The Labute approximate surface area is 96.1 Å². The van der Waals surface area contributed by atoms with Crippen LogP contribution in [0.25, 0.3) is 8.81 Å². The first-order valence-electron chi connectivity index (χ1n) is 5.07. The van der Waals surface area contributed by atoms with Crippen LogP contribution in [-0.2, 0) is 0 Å². The summed E-state index contributed by atoms with van der Waals surface area (Å²) in [5, 5.41) is 0. The van der Waals surface area contributed by atoms with Crippen LogP contribution in [0.15, 0.2) is 60.7 Å². The molecule has 1 heteroatoms. The Morgan fingerprint density at radius 2 is 0.933 bits per heavy atom. The van der Waals surface area contributed by atoms with Crippen molar-refractivity contribution in [3.63, 3.8) is 0 Å². The normalized spacial score (nSPS) is 14.1. The summed E-state index contributed by atoms with van der Waals surface area (Å²) >= 11 is 0.0530. The first kappa shape index (κ1) is 8.99. The van der Waals surface area contributed by atoms with Gasteiger partial charge in [-0.25, -0.2) is 0 Å². The van der Waals surface area contributed by atoms with Crippen molar-refractivity contribution in [3.8, 4) is 0 Å². The number of hydrogen-bond acceptors (Lipinski definition) is 0. The molecule has 0 nitrogen and oxygen atoms in total. The molecule has 0 saturated carbocycles. The fraction of sp³-hybridized carbons (Fsp3) is 0. The van der Waals surface area contributed by atoms with E-state index in [0.717, 1.165) is 0 Å². The molecular formula is C14H10Ge. The van der Waals surface area contributed by atoms with Crippen LogP contribution >= 0.6 is 0 Å². The predicted octanol–water partition coefficient (Wildman–Crippen LogP) is 3.23. The summed E-state index contributed by atoms with van der Waals surface area (Å²) in [5.41, 5.74) is 2.85. The quantitative estimate of drug-likeness (QED) is 0.718. The van der Waals surface area contributed by atoms with Crippen LogP contribution < -0.4 is 0 Å². The van der Waals surface area contributed by atoms with E-state index in [1.165, 1.54) is 11.1 Å². The number of benzene rings is 2. The molecule has 0 atom stereocenters. The second-order valence-corrected chi connectivity index (χ2v) is 6.23. The Balaban J connectivity index is 1.97. The SMILES string of the molecule is c1ccc([C]2=[C](c3ccccc3)[Ge]2)cc1. The van der Waals surface area contributed by atoms with Crippen molar-refractivity contribution in [1.82, 2.24) is 0 Å². The fourth-order valence-electron chi connectivity index (χ4n) is 1.74. The third-order valence-corrected chi connectivity index (χ3v) is 5.35. The van der Waals surface area contributed by atoms with Crippen LogP contribution in [0.1, 0.15) is 11.1 Å². The molecule has 0 aliphatic carbocycles. The van der Waals surface area contributed by atoms with E-state index < -0.39 is 0 Å². The Morgan fingerprint density at radius 1 is 0.533 bits per heavy atom. The van der Waals surface area contributed by atoms with Gasteiger partial charge in [0.25, 0.3) is 0 Å². The minimum atomic E-state index is 0.0530. The Bertz CT molecular complexity index is 450. The summed E-state index contributed by atoms with van der Waals surface area (Å²) in [6.45, 7) is 0. The van der Waals surface area contributed by atoms with Gasteiger partial charge < -0.3 is 0 Å². The standard InChI is InChI=1S/C14H10Ge/c1-3-7-11(8-4-1)13-14(15-13)12-9-5-2-6-10-12/h1-10H. The van der Waals surface area contributed by atoms with Crippen molar-refractivity contribution < 1.29 is 0 Å². The Kier molecular flexibility index (Phi) is 2.22. The van der Waals surface area contributed by atoms with Gasteiger partial charge in [0.1, 0.15) is 0 Å². The van der Waals surface area contributed by atoms with Crippen molar-refractivity contribution in [2.75, 3.05) is 0 Å². The van der Waals surface area contributed by atoms with Crippen molar-refractivity contribution in [3.05, 3.63) is 71.8 Å². The molecule has 3 rings (SSSR count).